The summed E-state index contributed by atoms with van der Waals surface area (Å²) in [6, 6.07) is 0. The molecule has 1 saturated heterocycles. The highest BCUT2D eigenvalue weighted by atomic mass is 35.5. The molecule has 0 saturated carbocycles. The first-order valence-electron chi connectivity index (χ1n) is 5.08. The number of carbonyl (C=O) groups excluding carboxylic acids is 1. The summed E-state index contributed by atoms with van der Waals surface area (Å²) in [5.41, 5.74) is 0. The molecule has 88 valence electrons. The Morgan fingerprint density at radius 2 is 2.33 bits per heavy atom. The first kappa shape index (κ1) is 13.1. The molecule has 0 radical (unpaired) electrons. The fraction of sp³-hybridized carbons (Fsp3) is 0.900. The van der Waals surface area contributed by atoms with Crippen molar-refractivity contribution < 1.29 is 14.3 Å². The van der Waals surface area contributed by atoms with Crippen LogP contribution in [0.1, 0.15) is 26.7 Å². The zero-order valence-electron chi connectivity index (χ0n) is 8.96. The fourth-order valence-corrected chi connectivity index (χ4v) is 2.71. The van der Waals surface area contributed by atoms with Crippen molar-refractivity contribution >= 4 is 29.2 Å². The quantitative estimate of drug-likeness (QED) is 0.572. The van der Waals surface area contributed by atoms with E-state index in [0.29, 0.717) is 12.5 Å². The van der Waals surface area contributed by atoms with Gasteiger partial charge < -0.3 is 9.47 Å². The fourth-order valence-electron chi connectivity index (χ4n) is 1.83. The monoisotopic (exact) mass is 254 g/mol. The third kappa shape index (κ3) is 2.77. The van der Waals surface area contributed by atoms with Gasteiger partial charge in [-0.2, -0.15) is 0 Å². The van der Waals surface area contributed by atoms with Gasteiger partial charge in [0.15, 0.2) is 0 Å². The number of hydrogen-bond acceptors (Lipinski definition) is 3. The topological polar surface area (TPSA) is 35.5 Å². The van der Waals surface area contributed by atoms with Gasteiger partial charge in [-0.3, -0.25) is 4.79 Å². The third-order valence-electron chi connectivity index (χ3n) is 2.61. The van der Waals surface area contributed by atoms with Crippen LogP contribution >= 0.6 is 23.2 Å². The van der Waals surface area contributed by atoms with Crippen LogP contribution in [-0.4, -0.2) is 29.6 Å². The highest BCUT2D eigenvalue weighted by Gasteiger charge is 2.51. The molecule has 1 aliphatic heterocycles. The van der Waals surface area contributed by atoms with E-state index >= 15 is 0 Å². The molecule has 0 amide bonds. The minimum Gasteiger partial charge on any atom is -0.434 e. The van der Waals surface area contributed by atoms with Crippen molar-refractivity contribution in [2.45, 2.75) is 37.9 Å². The summed E-state index contributed by atoms with van der Waals surface area (Å²) in [6.07, 6.45) is 0.961. The van der Waals surface area contributed by atoms with E-state index in [0.717, 1.165) is 12.8 Å². The van der Waals surface area contributed by atoms with Gasteiger partial charge in [0.2, 0.25) is 6.29 Å². The zero-order valence-corrected chi connectivity index (χ0v) is 10.5. The summed E-state index contributed by atoms with van der Waals surface area (Å²) < 4.78 is 10.4. The Kier molecular flexibility index (Phi) is 4.68. The minimum absolute atomic E-state index is 0.0325. The Morgan fingerprint density at radius 3 is 2.80 bits per heavy atom. The van der Waals surface area contributed by atoms with Gasteiger partial charge in [0.1, 0.15) is 4.87 Å². The van der Waals surface area contributed by atoms with Crippen LogP contribution in [-0.2, 0) is 14.3 Å². The first-order valence-corrected chi connectivity index (χ1v) is 5.99. The van der Waals surface area contributed by atoms with E-state index < -0.39 is 11.2 Å². The number of hydrogen-bond donors (Lipinski definition) is 0. The lowest BCUT2D eigenvalue weighted by molar-refractivity contribution is -0.171. The molecule has 1 aliphatic rings. The Morgan fingerprint density at radius 1 is 1.67 bits per heavy atom. The Balaban J connectivity index is 2.75. The zero-order chi connectivity index (χ0) is 11.5. The van der Waals surface area contributed by atoms with E-state index in [9.17, 15) is 4.79 Å². The number of carbonyl (C=O) groups is 1. The lowest BCUT2D eigenvalue weighted by atomic mass is 9.91. The number of halogens is 2. The predicted molar refractivity (Wildman–Crippen MR) is 59.2 cm³/mol. The molecule has 3 atom stereocenters. The summed E-state index contributed by atoms with van der Waals surface area (Å²) >= 11 is 12.3. The van der Waals surface area contributed by atoms with E-state index in [2.05, 4.69) is 0 Å². The molecule has 0 bridgehead atoms. The highest BCUT2D eigenvalue weighted by molar-refractivity contribution is 6.26. The first-order chi connectivity index (χ1) is 7.04. The van der Waals surface area contributed by atoms with Crippen molar-refractivity contribution in [3.8, 4) is 0 Å². The molecule has 0 aromatic rings. The molecule has 1 heterocycles. The summed E-state index contributed by atoms with van der Waals surface area (Å²) in [5.74, 6) is 0.0721. The SMILES string of the molecule is CCCC1(Cl)C(CCl)COC1OC(C)=O. The smallest absolute Gasteiger partial charge is 0.305 e. The number of rotatable bonds is 4. The Hall–Kier alpha value is 0.01000. The van der Waals surface area contributed by atoms with Crippen molar-refractivity contribution in [1.82, 2.24) is 0 Å². The van der Waals surface area contributed by atoms with E-state index in [-0.39, 0.29) is 11.9 Å². The van der Waals surface area contributed by atoms with Gasteiger partial charge in [0.25, 0.3) is 0 Å². The predicted octanol–water partition coefficient (Wildman–Crippen LogP) is 2.54. The molecule has 15 heavy (non-hydrogen) atoms. The molecule has 5 heteroatoms. The number of ether oxygens (including phenoxy) is 2. The summed E-state index contributed by atoms with van der Waals surface area (Å²) in [6.45, 7) is 3.82. The number of esters is 1. The highest BCUT2D eigenvalue weighted by Crippen LogP contribution is 2.42. The molecule has 0 aromatic heterocycles. The van der Waals surface area contributed by atoms with E-state index in [1.807, 2.05) is 6.92 Å². The van der Waals surface area contributed by atoms with Crippen LogP contribution in [0.15, 0.2) is 0 Å². The lowest BCUT2D eigenvalue weighted by Crippen LogP contribution is -2.41. The summed E-state index contributed by atoms with van der Waals surface area (Å²) in [7, 11) is 0. The van der Waals surface area contributed by atoms with E-state index in [1.54, 1.807) is 0 Å². The second-order valence-corrected chi connectivity index (χ2v) is 4.81. The molecule has 3 unspecified atom stereocenters. The maximum Gasteiger partial charge on any atom is 0.305 e. The van der Waals surface area contributed by atoms with Crippen molar-refractivity contribution in [3.05, 3.63) is 0 Å². The lowest BCUT2D eigenvalue weighted by Gasteiger charge is -2.30. The maximum absolute atomic E-state index is 10.9. The number of alkyl halides is 2. The van der Waals surface area contributed by atoms with Gasteiger partial charge >= 0.3 is 5.97 Å². The maximum atomic E-state index is 10.9. The van der Waals surface area contributed by atoms with Crippen LogP contribution in [0.3, 0.4) is 0 Å². The molecule has 1 rings (SSSR count). The molecule has 0 aliphatic carbocycles. The van der Waals surface area contributed by atoms with Crippen molar-refractivity contribution in [3.63, 3.8) is 0 Å². The second-order valence-electron chi connectivity index (χ2n) is 3.80. The van der Waals surface area contributed by atoms with E-state index in [1.165, 1.54) is 6.92 Å². The molecular formula is C10H16Cl2O3. The molecule has 0 N–H and O–H groups in total. The standard InChI is InChI=1S/C10H16Cl2O3/c1-3-4-10(12)8(5-11)6-14-9(10)15-7(2)13/h8-9H,3-6H2,1-2H3. The van der Waals surface area contributed by atoms with Crippen LogP contribution in [0.4, 0.5) is 0 Å². The normalized spacial score (nSPS) is 35.5. The second kappa shape index (κ2) is 5.37. The van der Waals surface area contributed by atoms with Crippen LogP contribution in [0, 0.1) is 5.92 Å². The molecule has 0 aromatic carbocycles. The van der Waals surface area contributed by atoms with Gasteiger partial charge in [-0.15, -0.1) is 23.2 Å². The van der Waals surface area contributed by atoms with Crippen molar-refractivity contribution in [2.75, 3.05) is 12.5 Å². The molecular weight excluding hydrogens is 239 g/mol. The van der Waals surface area contributed by atoms with Crippen LogP contribution in [0.2, 0.25) is 0 Å². The van der Waals surface area contributed by atoms with Crippen molar-refractivity contribution in [2.24, 2.45) is 5.92 Å². The van der Waals surface area contributed by atoms with E-state index in [4.69, 9.17) is 32.7 Å². The third-order valence-corrected chi connectivity index (χ3v) is 3.66. The van der Waals surface area contributed by atoms with Crippen molar-refractivity contribution in [1.29, 1.82) is 0 Å². The molecule has 3 nitrogen and oxygen atoms in total. The summed E-state index contributed by atoms with van der Waals surface area (Å²) in [4.78, 5) is 10.2. The van der Waals surface area contributed by atoms with Gasteiger partial charge in [0.05, 0.1) is 6.61 Å². The molecule has 0 spiro atoms. The summed E-state index contributed by atoms with van der Waals surface area (Å²) in [5, 5.41) is 0. The van der Waals surface area contributed by atoms with Crippen LogP contribution in [0.5, 0.6) is 0 Å². The average molecular weight is 255 g/mol. The van der Waals surface area contributed by atoms with Gasteiger partial charge in [-0.25, -0.2) is 0 Å². The Labute approximate surface area is 100 Å². The van der Waals surface area contributed by atoms with Gasteiger partial charge in [0, 0.05) is 18.7 Å². The van der Waals surface area contributed by atoms with Crippen LogP contribution < -0.4 is 0 Å². The van der Waals surface area contributed by atoms with Gasteiger partial charge in [-0.1, -0.05) is 13.3 Å². The van der Waals surface area contributed by atoms with Crippen LogP contribution in [0.25, 0.3) is 0 Å². The van der Waals surface area contributed by atoms with Gasteiger partial charge in [-0.05, 0) is 6.42 Å². The Bertz CT molecular complexity index is 235. The largest absolute Gasteiger partial charge is 0.434 e. The average Bonchev–Trinajstić information content (AvgIpc) is 2.44. The molecule has 1 fully saturated rings. The minimum atomic E-state index is -0.666.